The van der Waals surface area contributed by atoms with E-state index in [1.165, 1.54) is 12.2 Å². The number of carbonyl (C=O) groups is 2. The number of ether oxygens (including phenoxy) is 6. The molecule has 312 valence electrons. The molecule has 1 unspecified atom stereocenters. The minimum Gasteiger partial charge on any atom is -0.458 e. The van der Waals surface area contributed by atoms with Gasteiger partial charge in [-0.1, -0.05) is 70.2 Å². The van der Waals surface area contributed by atoms with E-state index in [1.807, 2.05) is 45.9 Å². The first-order valence-corrected chi connectivity index (χ1v) is 21.0. The highest BCUT2D eigenvalue weighted by Gasteiger charge is 2.91. The number of esters is 2. The third-order valence-electron chi connectivity index (χ3n) is 15.4. The first kappa shape index (κ1) is 39.7. The lowest BCUT2D eigenvalue weighted by molar-refractivity contribution is -0.595. The quantitative estimate of drug-likeness (QED) is 0.216. The lowest BCUT2D eigenvalue weighted by atomic mass is 9.49. The standard InChI is InChI=1S/C44H58O13/c1-23(2)19-32(47)52-29-13-9-10-14-31(46)53-34-24(3)20-30-41(34,50)38(48)40(22-45)36(54-40)33-37-43(51,39(5,49)21-26-15-17-27(29)18-16-26)35-25(4)42(30,33)57-44(55-35,56-37)28-11-7-6-8-12-28/h6-14,23-27,29-30,33-38,45,48-51H,15-22H2,1-5H3/b13-9-,14-10-/t24-,25+,26?,27?,29+,30+,33?,34-,35-,36-,37+,38+,39+,40-,41+,42-,43-,44-/m0/s1. The number of epoxide rings is 1. The number of benzene rings is 1. The number of rotatable bonds is 5. The number of allylic oxidation sites excluding steroid dienone is 2. The zero-order valence-corrected chi connectivity index (χ0v) is 33.4. The molecular formula is C44H58O13. The first-order valence-electron chi connectivity index (χ1n) is 21.0. The highest BCUT2D eigenvalue weighted by atomic mass is 16.9. The van der Waals surface area contributed by atoms with Crippen LogP contribution in [0, 0.1) is 41.4 Å². The van der Waals surface area contributed by atoms with Gasteiger partial charge in [0.05, 0.1) is 17.8 Å². The molecule has 1 aromatic carbocycles. The number of hydrogen-bond donors (Lipinski definition) is 5. The lowest BCUT2D eigenvalue weighted by Gasteiger charge is -2.74. The molecule has 7 aliphatic heterocycles. The van der Waals surface area contributed by atoms with Gasteiger partial charge in [0.15, 0.2) is 0 Å². The normalized spacial score (nSPS) is 53.3. The summed E-state index contributed by atoms with van der Waals surface area (Å²) in [5, 5.41) is 63.1. The molecule has 4 aliphatic carbocycles. The second-order valence-electron chi connectivity index (χ2n) is 19.2. The van der Waals surface area contributed by atoms with Gasteiger partial charge in [-0.3, -0.25) is 4.79 Å². The molecule has 8 fully saturated rings. The number of carbonyl (C=O) groups excluding carboxylic acids is 2. The van der Waals surface area contributed by atoms with Gasteiger partial charge < -0.3 is 54.0 Å². The second-order valence-corrected chi connectivity index (χ2v) is 19.2. The van der Waals surface area contributed by atoms with Crippen molar-refractivity contribution in [2.24, 2.45) is 41.4 Å². The zero-order valence-electron chi connectivity index (χ0n) is 33.4. The van der Waals surface area contributed by atoms with Gasteiger partial charge in [0.25, 0.3) is 0 Å². The molecule has 0 aromatic heterocycles. The molecule has 1 aromatic rings. The molecule has 13 heteroatoms. The molecule has 12 rings (SSSR count). The highest BCUT2D eigenvalue weighted by molar-refractivity contribution is 5.82. The molecule has 4 saturated heterocycles. The van der Waals surface area contributed by atoms with Gasteiger partial charge in [0, 0.05) is 35.8 Å². The van der Waals surface area contributed by atoms with Gasteiger partial charge in [0.2, 0.25) is 0 Å². The van der Waals surface area contributed by atoms with E-state index in [0.29, 0.717) is 31.2 Å². The summed E-state index contributed by atoms with van der Waals surface area (Å²) >= 11 is 0. The van der Waals surface area contributed by atoms with Crippen molar-refractivity contribution in [3.8, 4) is 0 Å². The Morgan fingerprint density at radius 3 is 2.33 bits per heavy atom. The monoisotopic (exact) mass is 794 g/mol. The molecule has 7 heterocycles. The van der Waals surface area contributed by atoms with Gasteiger partial charge in [-0.15, -0.1) is 0 Å². The van der Waals surface area contributed by atoms with Crippen LogP contribution in [-0.2, 0) is 44.0 Å². The predicted octanol–water partition coefficient (Wildman–Crippen LogP) is 3.18. The van der Waals surface area contributed by atoms with Crippen LogP contribution in [0.1, 0.15) is 85.1 Å². The SMILES string of the molecule is CC(C)CC(=O)O[C@@H]1/C=C\C=C/C(=O)O[C@H]2[C@@H](C)C[C@H]3[C@]45O[C@]6(c7ccccc7)O[C@H](C4[C@@H]4O[C@]4(CO)[C@@H](O)[C@]23O)[C@@](O)([C@@H](O6)[C@H]5C)[C@](C)(O)CC2CCC1CC2. The van der Waals surface area contributed by atoms with Crippen LogP contribution in [0.2, 0.25) is 0 Å². The Balaban J connectivity index is 1.20. The summed E-state index contributed by atoms with van der Waals surface area (Å²) in [5.74, 6) is -5.95. The Morgan fingerprint density at radius 1 is 0.947 bits per heavy atom. The molecule has 5 N–H and O–H groups in total. The summed E-state index contributed by atoms with van der Waals surface area (Å²) in [4.78, 5) is 26.6. The zero-order chi connectivity index (χ0) is 40.5. The van der Waals surface area contributed by atoms with E-state index in [9.17, 15) is 35.1 Å². The van der Waals surface area contributed by atoms with Crippen LogP contribution in [0.3, 0.4) is 0 Å². The highest BCUT2D eigenvalue weighted by Crippen LogP contribution is 2.75. The molecule has 11 aliphatic rings. The van der Waals surface area contributed by atoms with Crippen molar-refractivity contribution in [3.05, 3.63) is 60.2 Å². The minimum absolute atomic E-state index is 0.00642. The fraction of sp³-hybridized carbons (Fsp3) is 0.727. The Labute approximate surface area is 333 Å². The summed E-state index contributed by atoms with van der Waals surface area (Å²) in [6.07, 6.45) is 2.84. The molecule has 4 saturated carbocycles. The van der Waals surface area contributed by atoms with Crippen LogP contribution in [0.5, 0.6) is 0 Å². The van der Waals surface area contributed by atoms with Crippen molar-refractivity contribution in [2.75, 3.05) is 6.61 Å². The molecule has 16 atom stereocenters. The van der Waals surface area contributed by atoms with E-state index in [-0.39, 0.29) is 43.0 Å². The number of hydrogen-bond acceptors (Lipinski definition) is 13. The van der Waals surface area contributed by atoms with Crippen molar-refractivity contribution < 1.29 is 63.5 Å². The molecule has 0 radical (unpaired) electrons. The third kappa shape index (κ3) is 5.45. The van der Waals surface area contributed by atoms with Crippen LogP contribution >= 0.6 is 0 Å². The van der Waals surface area contributed by atoms with Crippen molar-refractivity contribution in [1.29, 1.82) is 0 Å². The fourth-order valence-electron chi connectivity index (χ4n) is 12.8. The largest absolute Gasteiger partial charge is 0.458 e. The van der Waals surface area contributed by atoms with Gasteiger partial charge in [-0.25, -0.2) is 4.79 Å². The third-order valence-corrected chi connectivity index (χ3v) is 15.4. The van der Waals surface area contributed by atoms with Crippen LogP contribution in [0.4, 0.5) is 0 Å². The molecule has 13 nitrogen and oxygen atoms in total. The Kier molecular flexibility index (Phi) is 9.33. The summed E-state index contributed by atoms with van der Waals surface area (Å²) in [5.41, 5.74) is -8.71. The summed E-state index contributed by atoms with van der Waals surface area (Å²) in [7, 11) is 0. The smallest absolute Gasteiger partial charge is 0.331 e. The second kappa shape index (κ2) is 13.4. The van der Waals surface area contributed by atoms with Crippen LogP contribution in [-0.4, -0.2) is 109 Å². The molecule has 11 bridgehead atoms. The maximum atomic E-state index is 13.7. The van der Waals surface area contributed by atoms with Crippen molar-refractivity contribution in [2.45, 2.75) is 150 Å². The van der Waals surface area contributed by atoms with E-state index in [2.05, 4.69) is 0 Å². The summed E-state index contributed by atoms with van der Waals surface area (Å²) in [6, 6.07) is 9.06. The minimum atomic E-state index is -2.21. The summed E-state index contributed by atoms with van der Waals surface area (Å²) in [6.45, 7) is 8.55. The molecule has 0 amide bonds. The van der Waals surface area contributed by atoms with Gasteiger partial charge in [0.1, 0.15) is 53.4 Å². The molecule has 57 heavy (non-hydrogen) atoms. The van der Waals surface area contributed by atoms with Crippen LogP contribution in [0.25, 0.3) is 0 Å². The van der Waals surface area contributed by atoms with E-state index in [1.54, 1.807) is 31.2 Å². The van der Waals surface area contributed by atoms with Crippen molar-refractivity contribution in [3.63, 3.8) is 0 Å². The maximum absolute atomic E-state index is 13.7. The predicted molar refractivity (Wildman–Crippen MR) is 200 cm³/mol. The van der Waals surface area contributed by atoms with Crippen molar-refractivity contribution >= 4 is 11.9 Å². The Hall–Kier alpha value is -2.72. The van der Waals surface area contributed by atoms with Gasteiger partial charge in [-0.2, -0.15) is 0 Å². The number of aliphatic hydroxyl groups excluding tert-OH is 2. The van der Waals surface area contributed by atoms with E-state index in [4.69, 9.17) is 28.4 Å². The number of fused-ring (bicyclic) bond motifs is 2. The maximum Gasteiger partial charge on any atom is 0.331 e. The molecular weight excluding hydrogens is 736 g/mol. The van der Waals surface area contributed by atoms with Gasteiger partial charge in [-0.05, 0) is 75.2 Å². The van der Waals surface area contributed by atoms with E-state index < -0.39 is 107 Å². The lowest BCUT2D eigenvalue weighted by Crippen LogP contribution is -2.89. The average Bonchev–Trinajstić information content (AvgIpc) is 3.86. The summed E-state index contributed by atoms with van der Waals surface area (Å²) < 4.78 is 39.4. The fourth-order valence-corrected chi connectivity index (χ4v) is 12.8. The topological polar surface area (TPSA) is 194 Å². The Morgan fingerprint density at radius 2 is 1.65 bits per heavy atom. The first-order chi connectivity index (χ1) is 27.0. The van der Waals surface area contributed by atoms with Crippen LogP contribution in [0.15, 0.2) is 54.6 Å². The van der Waals surface area contributed by atoms with Gasteiger partial charge >= 0.3 is 17.9 Å². The van der Waals surface area contributed by atoms with E-state index in [0.717, 1.165) is 0 Å². The van der Waals surface area contributed by atoms with E-state index >= 15 is 0 Å². The van der Waals surface area contributed by atoms with Crippen LogP contribution < -0.4 is 0 Å². The van der Waals surface area contributed by atoms with Crippen molar-refractivity contribution in [1.82, 2.24) is 0 Å². The average molecular weight is 795 g/mol. The molecule has 1 spiro atoms. The number of aliphatic hydroxyl groups is 5. The Bertz CT molecular complexity index is 1810.